The number of benzene rings is 2. The third-order valence-corrected chi connectivity index (χ3v) is 2.49. The van der Waals surface area contributed by atoms with Gasteiger partial charge in [-0.15, -0.1) is 0 Å². The van der Waals surface area contributed by atoms with Gasteiger partial charge in [0.25, 0.3) is 0 Å². The van der Waals surface area contributed by atoms with Gasteiger partial charge in [0.2, 0.25) is 0 Å². The van der Waals surface area contributed by atoms with Gasteiger partial charge in [-0.2, -0.15) is 0 Å². The van der Waals surface area contributed by atoms with Gasteiger partial charge in [-0.05, 0) is 29.8 Å². The number of carbonyl (C=O) groups excluding carboxylic acids is 1. The molecule has 92 valence electrons. The van der Waals surface area contributed by atoms with E-state index in [0.29, 0.717) is 12.4 Å². The first-order valence-electron chi connectivity index (χ1n) is 4.96. The van der Waals surface area contributed by atoms with Gasteiger partial charge in [0, 0.05) is 0 Å². The molecule has 2 rings (SSSR count). The van der Waals surface area contributed by atoms with Crippen LogP contribution in [0.3, 0.4) is 0 Å². The fourth-order valence-corrected chi connectivity index (χ4v) is 1.60. The van der Waals surface area contributed by atoms with Gasteiger partial charge < -0.3 is 5.11 Å². The van der Waals surface area contributed by atoms with E-state index in [-0.39, 0.29) is 16.9 Å². The van der Waals surface area contributed by atoms with Crippen molar-refractivity contribution in [2.75, 3.05) is 0 Å². The quantitative estimate of drug-likeness (QED) is 0.657. The predicted molar refractivity (Wildman–Crippen MR) is 58.8 cm³/mol. The lowest BCUT2D eigenvalue weighted by atomic mass is 10.0. The van der Waals surface area contributed by atoms with Crippen LogP contribution in [-0.2, 0) is 0 Å². The summed E-state index contributed by atoms with van der Waals surface area (Å²) in [4.78, 5) is 10.6. The highest BCUT2D eigenvalue weighted by Crippen LogP contribution is 2.30. The Morgan fingerprint density at radius 2 is 1.67 bits per heavy atom. The molecule has 0 aromatic heterocycles. The van der Waals surface area contributed by atoms with Gasteiger partial charge >= 0.3 is 0 Å². The summed E-state index contributed by atoms with van der Waals surface area (Å²) in [5, 5.41) is 9.28. The second-order valence-corrected chi connectivity index (χ2v) is 3.61. The van der Waals surface area contributed by atoms with Crippen molar-refractivity contribution in [2.45, 2.75) is 0 Å². The number of halogens is 3. The van der Waals surface area contributed by atoms with Crippen molar-refractivity contribution in [2.24, 2.45) is 0 Å². The number of phenols is 1. The zero-order valence-electron chi connectivity index (χ0n) is 8.95. The Kier molecular flexibility index (Phi) is 3.06. The van der Waals surface area contributed by atoms with Gasteiger partial charge in [-0.25, -0.2) is 13.2 Å². The van der Waals surface area contributed by atoms with Crippen molar-refractivity contribution < 1.29 is 23.1 Å². The van der Waals surface area contributed by atoms with Crippen LogP contribution in [0.5, 0.6) is 5.75 Å². The first-order valence-corrected chi connectivity index (χ1v) is 4.96. The summed E-state index contributed by atoms with van der Waals surface area (Å²) in [5.74, 6) is -3.79. The van der Waals surface area contributed by atoms with E-state index in [1.54, 1.807) is 0 Å². The summed E-state index contributed by atoms with van der Waals surface area (Å²) >= 11 is 0. The number of phenolic OH excluding ortho intramolecular Hbond substituents is 1. The van der Waals surface area contributed by atoms with E-state index in [9.17, 15) is 23.1 Å². The molecule has 0 radical (unpaired) electrons. The lowest BCUT2D eigenvalue weighted by molar-refractivity contribution is 0.112. The standard InChI is InChI=1S/C13H7F3O2/c14-9-2-3-10(15)13(16)12(9)7-1-4-11(18)8(5-7)6-17/h1-6,18H. The summed E-state index contributed by atoms with van der Waals surface area (Å²) in [6.07, 6.45) is 0.341. The van der Waals surface area contributed by atoms with Crippen LogP contribution in [0.1, 0.15) is 10.4 Å². The predicted octanol–water partition coefficient (Wildman–Crippen LogP) is 3.29. The molecule has 18 heavy (non-hydrogen) atoms. The van der Waals surface area contributed by atoms with Crippen molar-refractivity contribution in [3.05, 3.63) is 53.3 Å². The van der Waals surface area contributed by atoms with Crippen molar-refractivity contribution in [1.29, 1.82) is 0 Å². The fraction of sp³-hybridized carbons (Fsp3) is 0. The molecule has 0 spiro atoms. The van der Waals surface area contributed by atoms with Crippen molar-refractivity contribution in [3.63, 3.8) is 0 Å². The molecule has 0 unspecified atom stereocenters. The molecule has 0 aliphatic heterocycles. The normalized spacial score (nSPS) is 10.4. The Bertz CT molecular complexity index is 624. The van der Waals surface area contributed by atoms with E-state index >= 15 is 0 Å². The Balaban J connectivity index is 2.69. The molecule has 5 heteroatoms. The molecule has 0 aliphatic carbocycles. The first-order chi connectivity index (χ1) is 8.54. The molecule has 2 aromatic rings. The van der Waals surface area contributed by atoms with Crippen molar-refractivity contribution in [3.8, 4) is 16.9 Å². The van der Waals surface area contributed by atoms with Crippen molar-refractivity contribution >= 4 is 6.29 Å². The number of rotatable bonds is 2. The highest BCUT2D eigenvalue weighted by Gasteiger charge is 2.16. The first kappa shape index (κ1) is 12.2. The van der Waals surface area contributed by atoms with Crippen molar-refractivity contribution in [1.82, 2.24) is 0 Å². The largest absolute Gasteiger partial charge is 0.507 e. The minimum Gasteiger partial charge on any atom is -0.507 e. The summed E-state index contributed by atoms with van der Waals surface area (Å²) in [6, 6.07) is 4.87. The third kappa shape index (κ3) is 1.95. The van der Waals surface area contributed by atoms with Crippen LogP contribution in [0.2, 0.25) is 0 Å². The van der Waals surface area contributed by atoms with E-state index in [1.165, 1.54) is 6.07 Å². The average Bonchev–Trinajstić information content (AvgIpc) is 2.36. The second kappa shape index (κ2) is 4.52. The second-order valence-electron chi connectivity index (χ2n) is 3.61. The van der Waals surface area contributed by atoms with Gasteiger partial charge in [0.1, 0.15) is 11.6 Å². The maximum Gasteiger partial charge on any atom is 0.169 e. The highest BCUT2D eigenvalue weighted by atomic mass is 19.2. The Labute approximate surface area is 100 Å². The minimum absolute atomic E-state index is 0.0237. The monoisotopic (exact) mass is 252 g/mol. The molecule has 0 heterocycles. The molecule has 0 amide bonds. The lowest BCUT2D eigenvalue weighted by Crippen LogP contribution is -1.95. The lowest BCUT2D eigenvalue weighted by Gasteiger charge is -2.07. The average molecular weight is 252 g/mol. The molecule has 1 N–H and O–H groups in total. The molecular formula is C13H7F3O2. The summed E-state index contributed by atoms with van der Waals surface area (Å²) in [5.41, 5.74) is -0.724. The minimum atomic E-state index is -1.34. The van der Waals surface area contributed by atoms with Crippen LogP contribution in [-0.4, -0.2) is 11.4 Å². The molecule has 2 aromatic carbocycles. The molecular weight excluding hydrogens is 245 g/mol. The number of aldehydes is 1. The smallest absolute Gasteiger partial charge is 0.169 e. The zero-order valence-corrected chi connectivity index (χ0v) is 8.95. The van der Waals surface area contributed by atoms with Gasteiger partial charge in [-0.3, -0.25) is 4.79 Å². The number of aromatic hydroxyl groups is 1. The summed E-state index contributed by atoms with van der Waals surface area (Å²) < 4.78 is 40.1. The zero-order chi connectivity index (χ0) is 13.3. The van der Waals surface area contributed by atoms with E-state index in [1.807, 2.05) is 0 Å². The van der Waals surface area contributed by atoms with Gasteiger partial charge in [0.05, 0.1) is 11.1 Å². The van der Waals surface area contributed by atoms with E-state index < -0.39 is 23.0 Å². The molecule has 0 bridgehead atoms. The molecule has 0 saturated heterocycles. The van der Waals surface area contributed by atoms with Crippen LogP contribution in [0.15, 0.2) is 30.3 Å². The third-order valence-electron chi connectivity index (χ3n) is 2.49. The Hall–Kier alpha value is -2.30. The number of carbonyl (C=O) groups is 1. The van der Waals surface area contributed by atoms with Gasteiger partial charge in [-0.1, -0.05) is 6.07 Å². The van der Waals surface area contributed by atoms with Crippen LogP contribution in [0.4, 0.5) is 13.2 Å². The molecule has 0 atom stereocenters. The maximum absolute atomic E-state index is 13.5. The maximum atomic E-state index is 13.5. The fourth-order valence-electron chi connectivity index (χ4n) is 1.60. The van der Waals surface area contributed by atoms with Crippen LogP contribution < -0.4 is 0 Å². The van der Waals surface area contributed by atoms with E-state index in [0.717, 1.165) is 18.2 Å². The van der Waals surface area contributed by atoms with E-state index in [4.69, 9.17) is 0 Å². The number of hydrogen-bond donors (Lipinski definition) is 1. The Morgan fingerprint density at radius 1 is 1.00 bits per heavy atom. The number of hydrogen-bond acceptors (Lipinski definition) is 2. The summed E-state index contributed by atoms with van der Waals surface area (Å²) in [7, 11) is 0. The molecule has 0 fully saturated rings. The topological polar surface area (TPSA) is 37.3 Å². The SMILES string of the molecule is O=Cc1cc(-c2c(F)ccc(F)c2F)ccc1O. The van der Waals surface area contributed by atoms with Crippen LogP contribution in [0.25, 0.3) is 11.1 Å². The van der Waals surface area contributed by atoms with E-state index in [2.05, 4.69) is 0 Å². The molecule has 2 nitrogen and oxygen atoms in total. The van der Waals surface area contributed by atoms with Gasteiger partial charge in [0.15, 0.2) is 17.9 Å². The molecule has 0 aliphatic rings. The summed E-state index contributed by atoms with van der Waals surface area (Å²) in [6.45, 7) is 0. The van der Waals surface area contributed by atoms with Crippen LogP contribution in [0, 0.1) is 17.5 Å². The molecule has 0 saturated carbocycles. The van der Waals surface area contributed by atoms with Crippen LogP contribution >= 0.6 is 0 Å². The Morgan fingerprint density at radius 3 is 2.33 bits per heavy atom. The highest BCUT2D eigenvalue weighted by molar-refractivity contribution is 5.82.